The SMILES string of the molecule is CCC(Br)c1nc(C23CC4CC(CC(C4)C2)C3)no1. The number of aromatic nitrogens is 2. The van der Waals surface area contributed by atoms with Gasteiger partial charge in [-0.15, -0.1) is 0 Å². The molecule has 104 valence electrons. The molecule has 4 bridgehead atoms. The largest absolute Gasteiger partial charge is 0.338 e. The molecule has 4 aliphatic carbocycles. The van der Waals surface area contributed by atoms with E-state index in [0.29, 0.717) is 0 Å². The second-order valence-corrected chi connectivity index (χ2v) is 8.14. The van der Waals surface area contributed by atoms with Crippen molar-refractivity contribution in [3.63, 3.8) is 0 Å². The average Bonchev–Trinajstić information content (AvgIpc) is 2.86. The molecule has 19 heavy (non-hydrogen) atoms. The van der Waals surface area contributed by atoms with Crippen molar-refractivity contribution in [2.45, 2.75) is 62.1 Å². The molecule has 5 rings (SSSR count). The van der Waals surface area contributed by atoms with Crippen LogP contribution in [0.15, 0.2) is 4.52 Å². The molecule has 0 N–H and O–H groups in total. The quantitative estimate of drug-likeness (QED) is 0.774. The van der Waals surface area contributed by atoms with Crippen molar-refractivity contribution in [3.05, 3.63) is 11.7 Å². The Kier molecular flexibility index (Phi) is 2.80. The van der Waals surface area contributed by atoms with Crippen molar-refractivity contribution >= 4 is 15.9 Å². The minimum Gasteiger partial charge on any atom is -0.338 e. The third-order valence-corrected chi connectivity index (χ3v) is 6.62. The van der Waals surface area contributed by atoms with Crippen molar-refractivity contribution in [1.29, 1.82) is 0 Å². The Morgan fingerprint density at radius 2 is 1.79 bits per heavy atom. The first-order valence-electron chi connectivity index (χ1n) is 7.66. The summed E-state index contributed by atoms with van der Waals surface area (Å²) in [5.74, 6) is 4.57. The lowest BCUT2D eigenvalue weighted by atomic mass is 9.49. The van der Waals surface area contributed by atoms with Crippen LogP contribution in [0.5, 0.6) is 0 Å². The average molecular weight is 325 g/mol. The van der Waals surface area contributed by atoms with Gasteiger partial charge in [0, 0.05) is 5.41 Å². The molecule has 4 fully saturated rings. The maximum Gasteiger partial charge on any atom is 0.240 e. The van der Waals surface area contributed by atoms with Crippen LogP contribution in [0.3, 0.4) is 0 Å². The van der Waals surface area contributed by atoms with Gasteiger partial charge >= 0.3 is 0 Å². The van der Waals surface area contributed by atoms with E-state index in [1.54, 1.807) is 0 Å². The Morgan fingerprint density at radius 1 is 1.21 bits per heavy atom. The fourth-order valence-electron chi connectivity index (χ4n) is 5.14. The van der Waals surface area contributed by atoms with Crippen molar-refractivity contribution in [2.24, 2.45) is 17.8 Å². The minimum absolute atomic E-state index is 0.211. The first-order chi connectivity index (χ1) is 9.18. The zero-order chi connectivity index (χ0) is 13.0. The summed E-state index contributed by atoms with van der Waals surface area (Å²) in [5.41, 5.74) is 0.261. The molecular formula is C15H21BrN2O. The summed E-state index contributed by atoms with van der Waals surface area (Å²) in [6, 6.07) is 0. The normalized spacial score (nSPS) is 41.7. The van der Waals surface area contributed by atoms with Crippen LogP contribution in [0, 0.1) is 17.8 Å². The number of nitrogens with zero attached hydrogens (tertiary/aromatic N) is 2. The Balaban J connectivity index is 1.66. The number of rotatable bonds is 3. The summed E-state index contributed by atoms with van der Waals surface area (Å²) in [6.07, 6.45) is 9.27. The molecule has 4 aliphatic rings. The summed E-state index contributed by atoms with van der Waals surface area (Å²) in [6.45, 7) is 2.13. The van der Waals surface area contributed by atoms with Crippen LogP contribution >= 0.6 is 15.9 Å². The van der Waals surface area contributed by atoms with Crippen molar-refractivity contribution in [2.75, 3.05) is 0 Å². The van der Waals surface area contributed by atoms with Gasteiger partial charge in [-0.25, -0.2) is 0 Å². The molecular weight excluding hydrogens is 304 g/mol. The van der Waals surface area contributed by atoms with Crippen LogP contribution in [0.1, 0.15) is 68.4 Å². The lowest BCUT2D eigenvalue weighted by Crippen LogP contribution is -2.49. The molecule has 0 amide bonds. The van der Waals surface area contributed by atoms with Crippen molar-refractivity contribution in [1.82, 2.24) is 10.1 Å². The second kappa shape index (κ2) is 4.31. The van der Waals surface area contributed by atoms with E-state index in [9.17, 15) is 0 Å². The Morgan fingerprint density at radius 3 is 2.32 bits per heavy atom. The molecule has 1 heterocycles. The predicted octanol–water partition coefficient (Wildman–Crippen LogP) is 4.38. The van der Waals surface area contributed by atoms with Crippen LogP contribution in [-0.4, -0.2) is 10.1 Å². The molecule has 4 heteroatoms. The minimum atomic E-state index is 0.211. The fourth-order valence-corrected chi connectivity index (χ4v) is 5.32. The highest BCUT2D eigenvalue weighted by Crippen LogP contribution is 2.60. The van der Waals surface area contributed by atoms with Crippen LogP contribution in [0.25, 0.3) is 0 Å². The van der Waals surface area contributed by atoms with Crippen LogP contribution in [-0.2, 0) is 5.41 Å². The molecule has 1 unspecified atom stereocenters. The maximum atomic E-state index is 5.50. The van der Waals surface area contributed by atoms with Crippen LogP contribution in [0.4, 0.5) is 0 Å². The van der Waals surface area contributed by atoms with Gasteiger partial charge in [0.1, 0.15) is 0 Å². The zero-order valence-corrected chi connectivity index (χ0v) is 13.0. The zero-order valence-electron chi connectivity index (χ0n) is 11.4. The highest BCUT2D eigenvalue weighted by atomic mass is 79.9. The van der Waals surface area contributed by atoms with E-state index in [4.69, 9.17) is 9.51 Å². The van der Waals surface area contributed by atoms with E-state index in [2.05, 4.69) is 28.0 Å². The van der Waals surface area contributed by atoms with E-state index < -0.39 is 0 Å². The van der Waals surface area contributed by atoms with Crippen LogP contribution in [0.2, 0.25) is 0 Å². The molecule has 0 saturated heterocycles. The summed E-state index contributed by atoms with van der Waals surface area (Å²) >= 11 is 3.61. The summed E-state index contributed by atoms with van der Waals surface area (Å²) in [4.78, 5) is 4.96. The number of hydrogen-bond donors (Lipinski definition) is 0. The van der Waals surface area contributed by atoms with E-state index in [-0.39, 0.29) is 10.2 Å². The third kappa shape index (κ3) is 1.90. The van der Waals surface area contributed by atoms with Gasteiger partial charge in [0.15, 0.2) is 5.82 Å². The Labute approximate surface area is 122 Å². The molecule has 1 aromatic rings. The molecule has 1 atom stereocenters. The molecule has 3 nitrogen and oxygen atoms in total. The third-order valence-electron chi connectivity index (χ3n) is 5.58. The topological polar surface area (TPSA) is 38.9 Å². The van der Waals surface area contributed by atoms with E-state index in [1.165, 1.54) is 38.5 Å². The van der Waals surface area contributed by atoms with E-state index in [0.717, 1.165) is 35.9 Å². The summed E-state index contributed by atoms with van der Waals surface area (Å²) < 4.78 is 5.50. The highest BCUT2D eigenvalue weighted by Gasteiger charge is 2.53. The maximum absolute atomic E-state index is 5.50. The predicted molar refractivity (Wildman–Crippen MR) is 76.1 cm³/mol. The number of alkyl halides is 1. The lowest BCUT2D eigenvalue weighted by molar-refractivity contribution is -0.0103. The standard InChI is InChI=1S/C15H21BrN2O/c1-2-12(16)13-17-14(18-19-13)15-6-9-3-10(7-15)5-11(4-9)8-15/h9-12H,2-8H2,1H3. The lowest BCUT2D eigenvalue weighted by Gasteiger charge is -2.55. The molecule has 4 saturated carbocycles. The molecule has 0 radical (unpaired) electrons. The van der Waals surface area contributed by atoms with Gasteiger partial charge < -0.3 is 4.52 Å². The first kappa shape index (κ1) is 12.4. The van der Waals surface area contributed by atoms with Gasteiger partial charge in [0.05, 0.1) is 4.83 Å². The van der Waals surface area contributed by atoms with Gasteiger partial charge in [0.2, 0.25) is 5.89 Å². The number of halogens is 1. The van der Waals surface area contributed by atoms with Crippen LogP contribution < -0.4 is 0 Å². The van der Waals surface area contributed by atoms with Gasteiger partial charge in [-0.1, -0.05) is 28.0 Å². The van der Waals surface area contributed by atoms with Gasteiger partial charge in [-0.3, -0.25) is 0 Å². The van der Waals surface area contributed by atoms with Gasteiger partial charge in [0.25, 0.3) is 0 Å². The summed E-state index contributed by atoms with van der Waals surface area (Å²) in [7, 11) is 0. The molecule has 0 aliphatic heterocycles. The highest BCUT2D eigenvalue weighted by molar-refractivity contribution is 9.09. The van der Waals surface area contributed by atoms with Crippen molar-refractivity contribution in [3.8, 4) is 0 Å². The monoisotopic (exact) mass is 324 g/mol. The fraction of sp³-hybridized carbons (Fsp3) is 0.867. The van der Waals surface area contributed by atoms with E-state index in [1.807, 2.05) is 0 Å². The van der Waals surface area contributed by atoms with Crippen molar-refractivity contribution < 1.29 is 4.52 Å². The van der Waals surface area contributed by atoms with Gasteiger partial charge in [-0.2, -0.15) is 4.98 Å². The Hall–Kier alpha value is -0.380. The van der Waals surface area contributed by atoms with E-state index >= 15 is 0 Å². The molecule has 1 aromatic heterocycles. The first-order valence-corrected chi connectivity index (χ1v) is 8.58. The smallest absolute Gasteiger partial charge is 0.240 e. The molecule has 0 spiro atoms. The molecule has 0 aromatic carbocycles. The van der Waals surface area contributed by atoms with Gasteiger partial charge in [-0.05, 0) is 62.7 Å². The Bertz CT molecular complexity index is 449. The number of hydrogen-bond acceptors (Lipinski definition) is 3. The second-order valence-electron chi connectivity index (χ2n) is 7.03. The summed E-state index contributed by atoms with van der Waals surface area (Å²) in [5, 5.41) is 4.36.